The fourth-order valence-electron chi connectivity index (χ4n) is 1.94. The lowest BCUT2D eigenvalue weighted by Crippen LogP contribution is -1.95. The Morgan fingerprint density at radius 3 is 2.76 bits per heavy atom. The van der Waals surface area contributed by atoms with Crippen molar-refractivity contribution in [3.8, 4) is 17.1 Å². The first-order valence-electron chi connectivity index (χ1n) is 6.10. The molecule has 0 N–H and O–H groups in total. The molecule has 0 radical (unpaired) electrons. The lowest BCUT2D eigenvalue weighted by Gasteiger charge is -2.00. The first-order valence-corrected chi connectivity index (χ1v) is 6.89. The molecule has 0 aliphatic heterocycles. The first kappa shape index (κ1) is 13.6. The number of halogens is 2. The maximum Gasteiger partial charge on any atom is 0.153 e. The number of pyridine rings is 1. The molecule has 0 unspecified atom stereocenters. The Hall–Kier alpha value is -2.34. The van der Waals surface area contributed by atoms with Gasteiger partial charge < -0.3 is 0 Å². The lowest BCUT2D eigenvalue weighted by molar-refractivity contribution is 0.112. The standard InChI is InChI=1S/C15H9BrFN3O/c16-11-4-5-14(18-7-11)15-10(9-21)8-20(19-15)13-3-1-2-12(17)6-13/h1-9H. The van der Waals surface area contributed by atoms with E-state index in [1.54, 1.807) is 30.6 Å². The van der Waals surface area contributed by atoms with Crippen LogP contribution in [0.1, 0.15) is 10.4 Å². The van der Waals surface area contributed by atoms with E-state index in [9.17, 15) is 9.18 Å². The molecule has 4 nitrogen and oxygen atoms in total. The third-order valence-corrected chi connectivity index (χ3v) is 3.38. The molecule has 0 bridgehead atoms. The van der Waals surface area contributed by atoms with Crippen molar-refractivity contribution < 1.29 is 9.18 Å². The molecule has 2 aromatic heterocycles. The number of hydrogen-bond donors (Lipinski definition) is 0. The molecule has 0 fully saturated rings. The van der Waals surface area contributed by atoms with Gasteiger partial charge in [0, 0.05) is 16.9 Å². The van der Waals surface area contributed by atoms with E-state index >= 15 is 0 Å². The van der Waals surface area contributed by atoms with Crippen LogP contribution in [0.15, 0.2) is 53.3 Å². The topological polar surface area (TPSA) is 47.8 Å². The maximum absolute atomic E-state index is 13.3. The minimum atomic E-state index is -0.362. The number of nitrogens with zero attached hydrogens (tertiary/aromatic N) is 3. The number of rotatable bonds is 3. The van der Waals surface area contributed by atoms with Gasteiger partial charge in [-0.3, -0.25) is 9.78 Å². The molecule has 3 rings (SSSR count). The van der Waals surface area contributed by atoms with Gasteiger partial charge in [0.05, 0.1) is 16.9 Å². The highest BCUT2D eigenvalue weighted by atomic mass is 79.9. The number of aromatic nitrogens is 3. The zero-order valence-corrected chi connectivity index (χ0v) is 12.3. The fraction of sp³-hybridized carbons (Fsp3) is 0. The Kier molecular flexibility index (Phi) is 3.62. The van der Waals surface area contributed by atoms with Crippen LogP contribution in [0, 0.1) is 5.82 Å². The molecule has 0 aliphatic rings. The predicted molar refractivity (Wildman–Crippen MR) is 79.8 cm³/mol. The molecule has 0 aliphatic carbocycles. The average molecular weight is 346 g/mol. The highest BCUT2D eigenvalue weighted by molar-refractivity contribution is 9.10. The molecule has 21 heavy (non-hydrogen) atoms. The van der Waals surface area contributed by atoms with E-state index in [2.05, 4.69) is 26.0 Å². The van der Waals surface area contributed by atoms with Gasteiger partial charge in [-0.2, -0.15) is 5.10 Å². The zero-order valence-electron chi connectivity index (χ0n) is 10.7. The minimum Gasteiger partial charge on any atom is -0.298 e. The Bertz CT molecular complexity index is 799. The van der Waals surface area contributed by atoms with Crippen LogP contribution in [0.4, 0.5) is 4.39 Å². The van der Waals surface area contributed by atoms with Crippen LogP contribution in [0.2, 0.25) is 0 Å². The third kappa shape index (κ3) is 2.75. The lowest BCUT2D eigenvalue weighted by atomic mass is 10.2. The molecule has 0 spiro atoms. The van der Waals surface area contributed by atoms with Crippen LogP contribution in [0.3, 0.4) is 0 Å². The molecule has 2 heterocycles. The van der Waals surface area contributed by atoms with E-state index in [1.807, 2.05) is 6.07 Å². The van der Waals surface area contributed by atoms with Crippen LogP contribution in [-0.2, 0) is 0 Å². The summed E-state index contributed by atoms with van der Waals surface area (Å²) in [5.74, 6) is -0.362. The van der Waals surface area contributed by atoms with Crippen LogP contribution < -0.4 is 0 Å². The van der Waals surface area contributed by atoms with E-state index in [0.717, 1.165) is 4.47 Å². The summed E-state index contributed by atoms with van der Waals surface area (Å²) in [6.07, 6.45) is 3.90. The van der Waals surface area contributed by atoms with Gasteiger partial charge in [0.1, 0.15) is 11.5 Å². The Morgan fingerprint density at radius 1 is 1.24 bits per heavy atom. The van der Waals surface area contributed by atoms with Crippen LogP contribution in [-0.4, -0.2) is 21.1 Å². The van der Waals surface area contributed by atoms with Crippen molar-refractivity contribution in [3.63, 3.8) is 0 Å². The van der Waals surface area contributed by atoms with Gasteiger partial charge in [-0.1, -0.05) is 6.07 Å². The Balaban J connectivity index is 2.10. The highest BCUT2D eigenvalue weighted by Gasteiger charge is 2.13. The van der Waals surface area contributed by atoms with Crippen molar-refractivity contribution in [1.29, 1.82) is 0 Å². The van der Waals surface area contributed by atoms with Gasteiger partial charge in [0.25, 0.3) is 0 Å². The predicted octanol–water partition coefficient (Wildman–Crippen LogP) is 3.65. The fourth-order valence-corrected chi connectivity index (χ4v) is 2.17. The minimum absolute atomic E-state index is 0.362. The first-order chi connectivity index (χ1) is 10.2. The summed E-state index contributed by atoms with van der Waals surface area (Å²) in [6.45, 7) is 0. The Labute approximate surface area is 128 Å². The van der Waals surface area contributed by atoms with Crippen molar-refractivity contribution in [3.05, 3.63) is 64.6 Å². The summed E-state index contributed by atoms with van der Waals surface area (Å²) in [7, 11) is 0. The molecular weight excluding hydrogens is 337 g/mol. The summed E-state index contributed by atoms with van der Waals surface area (Å²) in [5, 5.41) is 4.33. The second kappa shape index (κ2) is 5.57. The van der Waals surface area contributed by atoms with E-state index in [4.69, 9.17) is 0 Å². The summed E-state index contributed by atoms with van der Waals surface area (Å²) in [5.41, 5.74) is 1.98. The van der Waals surface area contributed by atoms with Crippen LogP contribution in [0.25, 0.3) is 17.1 Å². The Morgan fingerprint density at radius 2 is 2.10 bits per heavy atom. The molecule has 0 amide bonds. The average Bonchev–Trinajstić information content (AvgIpc) is 2.92. The molecule has 3 aromatic rings. The van der Waals surface area contributed by atoms with Gasteiger partial charge in [-0.05, 0) is 46.3 Å². The number of hydrogen-bond acceptors (Lipinski definition) is 3. The van der Waals surface area contributed by atoms with Gasteiger partial charge in [-0.25, -0.2) is 9.07 Å². The van der Waals surface area contributed by atoms with Crippen LogP contribution in [0.5, 0.6) is 0 Å². The maximum atomic E-state index is 13.3. The normalized spacial score (nSPS) is 10.6. The molecule has 0 saturated carbocycles. The smallest absolute Gasteiger partial charge is 0.153 e. The zero-order chi connectivity index (χ0) is 14.8. The van der Waals surface area contributed by atoms with Gasteiger partial charge in [0.15, 0.2) is 6.29 Å². The molecular formula is C15H9BrFN3O. The largest absolute Gasteiger partial charge is 0.298 e. The molecule has 104 valence electrons. The quantitative estimate of drug-likeness (QED) is 0.680. The monoisotopic (exact) mass is 345 g/mol. The molecule has 0 atom stereocenters. The van der Waals surface area contributed by atoms with E-state index in [1.165, 1.54) is 16.8 Å². The summed E-state index contributed by atoms with van der Waals surface area (Å²) in [4.78, 5) is 15.4. The van der Waals surface area contributed by atoms with Crippen LogP contribution >= 0.6 is 15.9 Å². The number of carbonyl (C=O) groups is 1. The van der Waals surface area contributed by atoms with Crippen molar-refractivity contribution in [1.82, 2.24) is 14.8 Å². The second-order valence-corrected chi connectivity index (χ2v) is 5.25. The third-order valence-electron chi connectivity index (χ3n) is 2.91. The number of carbonyl (C=O) groups excluding carboxylic acids is 1. The molecule has 6 heteroatoms. The second-order valence-electron chi connectivity index (χ2n) is 4.34. The van der Waals surface area contributed by atoms with E-state index in [0.29, 0.717) is 28.9 Å². The summed E-state index contributed by atoms with van der Waals surface area (Å²) in [6, 6.07) is 9.58. The van der Waals surface area contributed by atoms with Gasteiger partial charge in [0.2, 0.25) is 0 Å². The molecule has 0 saturated heterocycles. The van der Waals surface area contributed by atoms with E-state index in [-0.39, 0.29) is 5.82 Å². The summed E-state index contributed by atoms with van der Waals surface area (Å²) >= 11 is 3.30. The molecule has 1 aromatic carbocycles. The highest BCUT2D eigenvalue weighted by Crippen LogP contribution is 2.22. The van der Waals surface area contributed by atoms with Gasteiger partial charge >= 0.3 is 0 Å². The van der Waals surface area contributed by atoms with Crippen molar-refractivity contribution >= 4 is 22.2 Å². The van der Waals surface area contributed by atoms with Gasteiger partial charge in [-0.15, -0.1) is 0 Å². The number of benzene rings is 1. The van der Waals surface area contributed by atoms with Crippen molar-refractivity contribution in [2.24, 2.45) is 0 Å². The van der Waals surface area contributed by atoms with Crippen molar-refractivity contribution in [2.45, 2.75) is 0 Å². The SMILES string of the molecule is O=Cc1cn(-c2cccc(F)c2)nc1-c1ccc(Br)cn1. The van der Waals surface area contributed by atoms with Crippen molar-refractivity contribution in [2.75, 3.05) is 0 Å². The van der Waals surface area contributed by atoms with E-state index < -0.39 is 0 Å². The summed E-state index contributed by atoms with van der Waals surface area (Å²) < 4.78 is 15.6. The number of aldehydes is 1.